The molecule has 0 aliphatic carbocycles. The van der Waals surface area contributed by atoms with Crippen LogP contribution >= 0.6 is 0 Å². The molecule has 1 aliphatic rings. The van der Waals surface area contributed by atoms with E-state index in [1.165, 1.54) is 25.7 Å². The highest BCUT2D eigenvalue weighted by atomic mass is 15.1. The molecule has 0 aromatic rings. The van der Waals surface area contributed by atoms with E-state index in [0.717, 1.165) is 32.1 Å². The lowest BCUT2D eigenvalue weighted by Gasteiger charge is -2.27. The van der Waals surface area contributed by atoms with Crippen molar-refractivity contribution in [2.45, 2.75) is 90.6 Å². The molecule has 3 heteroatoms. The summed E-state index contributed by atoms with van der Waals surface area (Å²) in [6, 6.07) is 3.14. The Labute approximate surface area is 118 Å². The smallest absolute Gasteiger partial charge is 0.0723 e. The lowest BCUT2D eigenvalue weighted by Crippen LogP contribution is -2.25. The van der Waals surface area contributed by atoms with Crippen molar-refractivity contribution >= 4 is 0 Å². The first kappa shape index (κ1) is 16.1. The number of nitriles is 1. The fraction of sp³-hybridized carbons (Fsp3) is 0.938. The van der Waals surface area contributed by atoms with Crippen LogP contribution in [0.3, 0.4) is 0 Å². The maximum Gasteiger partial charge on any atom is 0.0723 e. The van der Waals surface area contributed by atoms with Gasteiger partial charge >= 0.3 is 0 Å². The van der Waals surface area contributed by atoms with Gasteiger partial charge in [0, 0.05) is 0 Å². The summed E-state index contributed by atoms with van der Waals surface area (Å²) in [5.41, 5.74) is -0.194. The van der Waals surface area contributed by atoms with E-state index in [-0.39, 0.29) is 17.5 Å². The molecule has 3 nitrogen and oxygen atoms in total. The van der Waals surface area contributed by atoms with E-state index in [4.69, 9.17) is 0 Å². The number of hydrogen-bond donors (Lipinski definition) is 0. The minimum atomic E-state index is -0.194. The van der Waals surface area contributed by atoms with E-state index in [1.807, 2.05) is 0 Å². The first-order valence-electron chi connectivity index (χ1n) is 8.00. The standard InChI is InChI=1S/C16H29N3/c1-4-7-9-14-11-16(6-3,13-17)12-15(19-18-14)10-8-5-2/h14-15H,4-12H2,1-3H3. The molecule has 19 heavy (non-hydrogen) atoms. The first-order chi connectivity index (χ1) is 9.19. The fourth-order valence-electron chi connectivity index (χ4n) is 2.91. The largest absolute Gasteiger partial charge is 0.198 e. The van der Waals surface area contributed by atoms with Crippen molar-refractivity contribution in [3.63, 3.8) is 0 Å². The molecule has 0 spiro atoms. The van der Waals surface area contributed by atoms with Crippen molar-refractivity contribution in [3.8, 4) is 6.07 Å². The lowest BCUT2D eigenvalue weighted by atomic mass is 9.75. The maximum absolute atomic E-state index is 9.62. The Morgan fingerprint density at radius 3 is 1.79 bits per heavy atom. The van der Waals surface area contributed by atoms with Crippen LogP contribution in [0, 0.1) is 16.7 Å². The summed E-state index contributed by atoms with van der Waals surface area (Å²) in [7, 11) is 0. The molecule has 0 fully saturated rings. The SMILES string of the molecule is CCCCC1CC(C#N)(CC)CC(CCCC)N=N1. The minimum absolute atomic E-state index is 0.194. The molecule has 0 N–H and O–H groups in total. The van der Waals surface area contributed by atoms with Crippen molar-refractivity contribution in [3.05, 3.63) is 0 Å². The second kappa shape index (κ2) is 8.30. The molecule has 0 saturated carbocycles. The highest BCUT2D eigenvalue weighted by molar-refractivity contribution is 5.03. The molecule has 0 bridgehead atoms. The van der Waals surface area contributed by atoms with Crippen molar-refractivity contribution in [2.24, 2.45) is 15.6 Å². The highest BCUT2D eigenvalue weighted by Gasteiger charge is 2.36. The minimum Gasteiger partial charge on any atom is -0.198 e. The normalized spacial score (nSPS) is 30.8. The summed E-state index contributed by atoms with van der Waals surface area (Å²) >= 11 is 0. The summed E-state index contributed by atoms with van der Waals surface area (Å²) < 4.78 is 0. The molecule has 2 unspecified atom stereocenters. The summed E-state index contributed by atoms with van der Waals surface area (Å²) in [6.45, 7) is 6.55. The van der Waals surface area contributed by atoms with Gasteiger partial charge in [0.2, 0.25) is 0 Å². The van der Waals surface area contributed by atoms with Crippen LogP contribution in [0.25, 0.3) is 0 Å². The molecule has 1 aliphatic heterocycles. The van der Waals surface area contributed by atoms with Crippen molar-refractivity contribution < 1.29 is 0 Å². The predicted octanol–water partition coefficient (Wildman–Crippen LogP) is 5.27. The van der Waals surface area contributed by atoms with Crippen molar-refractivity contribution in [1.29, 1.82) is 5.26 Å². The van der Waals surface area contributed by atoms with E-state index in [9.17, 15) is 5.26 Å². The van der Waals surface area contributed by atoms with E-state index >= 15 is 0 Å². The van der Waals surface area contributed by atoms with E-state index in [0.29, 0.717) is 0 Å². The Kier molecular flexibility index (Phi) is 7.05. The molecular formula is C16H29N3. The Balaban J connectivity index is 2.76. The van der Waals surface area contributed by atoms with Gasteiger partial charge in [0.25, 0.3) is 0 Å². The predicted molar refractivity (Wildman–Crippen MR) is 79.1 cm³/mol. The molecule has 1 heterocycles. The van der Waals surface area contributed by atoms with Gasteiger partial charge < -0.3 is 0 Å². The molecule has 108 valence electrons. The van der Waals surface area contributed by atoms with Gasteiger partial charge in [-0.2, -0.15) is 15.5 Å². The van der Waals surface area contributed by atoms with Crippen LogP contribution < -0.4 is 0 Å². The van der Waals surface area contributed by atoms with Crippen LogP contribution in [-0.2, 0) is 0 Å². The Bertz CT molecular complexity index is 296. The summed E-state index contributed by atoms with van der Waals surface area (Å²) in [4.78, 5) is 0. The molecule has 1 rings (SSSR count). The Morgan fingerprint density at radius 1 is 1.00 bits per heavy atom. The monoisotopic (exact) mass is 263 g/mol. The van der Waals surface area contributed by atoms with E-state index in [2.05, 4.69) is 37.1 Å². The van der Waals surface area contributed by atoms with Crippen LogP contribution in [0.15, 0.2) is 10.2 Å². The third kappa shape index (κ3) is 4.93. The Hall–Kier alpha value is -0.910. The summed E-state index contributed by atoms with van der Waals surface area (Å²) in [6.07, 6.45) is 9.68. The highest BCUT2D eigenvalue weighted by Crippen LogP contribution is 2.39. The van der Waals surface area contributed by atoms with Gasteiger partial charge in [-0.05, 0) is 32.1 Å². The van der Waals surface area contributed by atoms with Gasteiger partial charge in [-0.1, -0.05) is 46.5 Å². The summed E-state index contributed by atoms with van der Waals surface area (Å²) in [5.74, 6) is 0. The van der Waals surface area contributed by atoms with E-state index in [1.54, 1.807) is 0 Å². The topological polar surface area (TPSA) is 48.5 Å². The van der Waals surface area contributed by atoms with Crippen LogP contribution in [-0.4, -0.2) is 12.1 Å². The molecule has 0 aromatic carbocycles. The molecule has 0 amide bonds. The third-order valence-corrected chi connectivity index (χ3v) is 4.34. The lowest BCUT2D eigenvalue weighted by molar-refractivity contribution is 0.282. The molecule has 0 aromatic heterocycles. The number of hydrogen-bond acceptors (Lipinski definition) is 3. The molecule has 0 saturated heterocycles. The molecule has 2 atom stereocenters. The zero-order valence-corrected chi connectivity index (χ0v) is 12.9. The zero-order valence-electron chi connectivity index (χ0n) is 12.9. The van der Waals surface area contributed by atoms with Crippen LogP contribution in [0.4, 0.5) is 0 Å². The third-order valence-electron chi connectivity index (χ3n) is 4.34. The Morgan fingerprint density at radius 2 is 1.47 bits per heavy atom. The van der Waals surface area contributed by atoms with Gasteiger partial charge in [-0.15, -0.1) is 0 Å². The van der Waals surface area contributed by atoms with Gasteiger partial charge in [-0.25, -0.2) is 0 Å². The number of unbranched alkanes of at least 4 members (excludes halogenated alkanes) is 2. The van der Waals surface area contributed by atoms with Gasteiger partial charge in [0.05, 0.1) is 23.6 Å². The molecular weight excluding hydrogens is 234 g/mol. The second-order valence-electron chi connectivity index (χ2n) is 5.98. The van der Waals surface area contributed by atoms with Crippen LogP contribution in [0.2, 0.25) is 0 Å². The quantitative estimate of drug-likeness (QED) is 0.617. The second-order valence-corrected chi connectivity index (χ2v) is 5.98. The average Bonchev–Trinajstić information content (AvgIpc) is 2.63. The first-order valence-corrected chi connectivity index (χ1v) is 8.00. The van der Waals surface area contributed by atoms with Gasteiger partial charge in [0.15, 0.2) is 0 Å². The van der Waals surface area contributed by atoms with Crippen molar-refractivity contribution in [1.82, 2.24) is 0 Å². The summed E-state index contributed by atoms with van der Waals surface area (Å²) in [5, 5.41) is 18.7. The average molecular weight is 263 g/mol. The fourth-order valence-corrected chi connectivity index (χ4v) is 2.91. The maximum atomic E-state index is 9.62. The van der Waals surface area contributed by atoms with Crippen LogP contribution in [0.1, 0.15) is 78.6 Å². The van der Waals surface area contributed by atoms with Crippen LogP contribution in [0.5, 0.6) is 0 Å². The number of rotatable bonds is 7. The number of azo groups is 1. The zero-order chi connectivity index (χ0) is 14.1. The number of nitrogens with zero attached hydrogens (tertiary/aromatic N) is 3. The van der Waals surface area contributed by atoms with Gasteiger partial charge in [-0.3, -0.25) is 0 Å². The molecule has 0 radical (unpaired) electrons. The van der Waals surface area contributed by atoms with Crippen molar-refractivity contribution in [2.75, 3.05) is 0 Å². The van der Waals surface area contributed by atoms with E-state index < -0.39 is 0 Å². The van der Waals surface area contributed by atoms with Gasteiger partial charge in [0.1, 0.15) is 0 Å².